The number of nitrogens with zero attached hydrogens (tertiary/aromatic N) is 2. The molecule has 8 heteroatoms. The summed E-state index contributed by atoms with van der Waals surface area (Å²) in [5.74, 6) is -1.45. The molecular formula is C18H23N2O6-. The molecule has 1 fully saturated rings. The molecule has 1 aromatic carbocycles. The smallest absolute Gasteiger partial charge is 0.410 e. The highest BCUT2D eigenvalue weighted by Gasteiger charge is 2.35. The van der Waals surface area contributed by atoms with E-state index >= 15 is 0 Å². The Morgan fingerprint density at radius 3 is 2.35 bits per heavy atom. The van der Waals surface area contributed by atoms with Crippen molar-refractivity contribution in [1.29, 1.82) is 0 Å². The van der Waals surface area contributed by atoms with Crippen molar-refractivity contribution >= 4 is 18.2 Å². The second-order valence-corrected chi connectivity index (χ2v) is 6.99. The molecule has 0 unspecified atom stereocenters. The van der Waals surface area contributed by atoms with E-state index in [1.54, 1.807) is 32.9 Å². The van der Waals surface area contributed by atoms with Crippen molar-refractivity contribution in [3.05, 3.63) is 35.9 Å². The predicted molar refractivity (Wildman–Crippen MR) is 89.9 cm³/mol. The summed E-state index contributed by atoms with van der Waals surface area (Å²) in [6.07, 6.45) is -1.38. The van der Waals surface area contributed by atoms with Gasteiger partial charge in [-0.1, -0.05) is 30.3 Å². The zero-order valence-corrected chi connectivity index (χ0v) is 15.1. The molecule has 2 amide bonds. The van der Waals surface area contributed by atoms with Crippen LogP contribution in [0.4, 0.5) is 9.59 Å². The molecule has 0 aromatic heterocycles. The van der Waals surface area contributed by atoms with Crippen molar-refractivity contribution in [3.8, 4) is 0 Å². The van der Waals surface area contributed by atoms with Gasteiger partial charge in [0.25, 0.3) is 0 Å². The Morgan fingerprint density at radius 2 is 1.77 bits per heavy atom. The van der Waals surface area contributed by atoms with Crippen LogP contribution < -0.4 is 5.11 Å². The summed E-state index contributed by atoms with van der Waals surface area (Å²) < 4.78 is 10.4. The highest BCUT2D eigenvalue weighted by molar-refractivity contribution is 5.80. The largest absolute Gasteiger partial charge is 0.548 e. The van der Waals surface area contributed by atoms with E-state index < -0.39 is 29.8 Å². The average molecular weight is 363 g/mol. The van der Waals surface area contributed by atoms with Crippen LogP contribution in [0.25, 0.3) is 0 Å². The van der Waals surface area contributed by atoms with E-state index in [0.29, 0.717) is 0 Å². The molecular weight excluding hydrogens is 340 g/mol. The summed E-state index contributed by atoms with van der Waals surface area (Å²) in [6.45, 7) is 5.16. The Balaban J connectivity index is 1.98. The molecule has 8 nitrogen and oxygen atoms in total. The molecule has 0 aliphatic carbocycles. The third kappa shape index (κ3) is 5.37. The van der Waals surface area contributed by atoms with Crippen LogP contribution in [0, 0.1) is 0 Å². The molecule has 1 heterocycles. The second kappa shape index (κ2) is 8.07. The van der Waals surface area contributed by atoms with Gasteiger partial charge in [0.2, 0.25) is 0 Å². The van der Waals surface area contributed by atoms with E-state index in [4.69, 9.17) is 9.47 Å². The molecule has 2 rings (SSSR count). The molecule has 142 valence electrons. The number of ether oxygens (including phenoxy) is 2. The molecule has 0 bridgehead atoms. The average Bonchev–Trinajstić information content (AvgIpc) is 2.58. The first-order valence-corrected chi connectivity index (χ1v) is 8.33. The van der Waals surface area contributed by atoms with Crippen LogP contribution in [0.15, 0.2) is 30.3 Å². The lowest BCUT2D eigenvalue weighted by Crippen LogP contribution is -2.62. The Kier molecular flexibility index (Phi) is 6.07. The lowest BCUT2D eigenvalue weighted by molar-refractivity contribution is -0.312. The van der Waals surface area contributed by atoms with E-state index in [0.717, 1.165) is 10.5 Å². The molecule has 1 aromatic rings. The number of hydrogen-bond acceptors (Lipinski definition) is 6. The lowest BCUT2D eigenvalue weighted by atomic mass is 10.2. The van der Waals surface area contributed by atoms with E-state index in [1.807, 2.05) is 18.2 Å². The van der Waals surface area contributed by atoms with Crippen molar-refractivity contribution in [2.24, 2.45) is 0 Å². The minimum Gasteiger partial charge on any atom is -0.548 e. The summed E-state index contributed by atoms with van der Waals surface area (Å²) >= 11 is 0. The monoisotopic (exact) mass is 363 g/mol. The van der Waals surface area contributed by atoms with Crippen LogP contribution >= 0.6 is 0 Å². The number of amides is 2. The van der Waals surface area contributed by atoms with Crippen molar-refractivity contribution in [3.63, 3.8) is 0 Å². The van der Waals surface area contributed by atoms with Crippen LogP contribution in [0.5, 0.6) is 0 Å². The van der Waals surface area contributed by atoms with Crippen LogP contribution in [0.3, 0.4) is 0 Å². The fourth-order valence-corrected chi connectivity index (χ4v) is 2.50. The number of aliphatic carboxylic acids is 1. The van der Waals surface area contributed by atoms with Gasteiger partial charge in [0.15, 0.2) is 0 Å². The van der Waals surface area contributed by atoms with Crippen molar-refractivity contribution in [2.75, 3.05) is 19.6 Å². The summed E-state index contributed by atoms with van der Waals surface area (Å²) in [4.78, 5) is 38.2. The molecule has 1 atom stereocenters. The molecule has 0 radical (unpaired) electrons. The first-order valence-electron chi connectivity index (χ1n) is 8.33. The van der Waals surface area contributed by atoms with Gasteiger partial charge in [-0.15, -0.1) is 0 Å². The minimum absolute atomic E-state index is 0.0194. The van der Waals surface area contributed by atoms with Gasteiger partial charge in [-0.25, -0.2) is 9.59 Å². The number of hydrogen-bond donors (Lipinski definition) is 0. The topological polar surface area (TPSA) is 99.2 Å². The number of carbonyl (C=O) groups excluding carboxylic acids is 3. The Bertz CT molecular complexity index is 655. The summed E-state index contributed by atoms with van der Waals surface area (Å²) in [6, 6.07) is 7.76. The Labute approximate surface area is 152 Å². The third-order valence-corrected chi connectivity index (χ3v) is 3.74. The van der Waals surface area contributed by atoms with Gasteiger partial charge < -0.3 is 24.3 Å². The van der Waals surface area contributed by atoms with Crippen molar-refractivity contribution in [2.45, 2.75) is 39.0 Å². The van der Waals surface area contributed by atoms with Gasteiger partial charge in [0, 0.05) is 13.1 Å². The molecule has 1 aliphatic rings. The maximum Gasteiger partial charge on any atom is 0.410 e. The fraction of sp³-hybridized carbons (Fsp3) is 0.500. The van der Waals surface area contributed by atoms with Gasteiger partial charge in [-0.3, -0.25) is 4.90 Å². The SMILES string of the molecule is CC(C)(C)OC(=O)N1CCN(C(=O)OCc2ccccc2)[C@H](C(=O)[O-])C1. The van der Waals surface area contributed by atoms with E-state index in [2.05, 4.69) is 0 Å². The first-order chi connectivity index (χ1) is 12.2. The molecule has 26 heavy (non-hydrogen) atoms. The quantitative estimate of drug-likeness (QED) is 0.794. The van der Waals surface area contributed by atoms with Gasteiger partial charge in [0.05, 0.1) is 18.6 Å². The van der Waals surface area contributed by atoms with Crippen LogP contribution in [0.1, 0.15) is 26.3 Å². The zero-order valence-electron chi connectivity index (χ0n) is 15.1. The molecule has 1 aliphatic heterocycles. The summed E-state index contributed by atoms with van der Waals surface area (Å²) in [5, 5.41) is 11.5. The van der Waals surface area contributed by atoms with Crippen LogP contribution in [-0.4, -0.2) is 59.2 Å². The number of rotatable bonds is 3. The standard InChI is InChI=1S/C18H24N2O6/c1-18(2,3)26-16(23)19-9-10-20(14(11-19)15(21)22)17(24)25-12-13-7-5-4-6-8-13/h4-8,14H,9-12H2,1-3H3,(H,21,22)/p-1/t14-/m0/s1. The van der Waals surface area contributed by atoms with Gasteiger partial charge in [-0.2, -0.15) is 0 Å². The Morgan fingerprint density at radius 1 is 1.12 bits per heavy atom. The van der Waals surface area contributed by atoms with E-state index in [9.17, 15) is 19.5 Å². The lowest BCUT2D eigenvalue weighted by Gasteiger charge is -2.41. The number of carboxylic acids is 1. The highest BCUT2D eigenvalue weighted by Crippen LogP contribution is 2.16. The molecule has 1 saturated heterocycles. The summed E-state index contributed by atoms with van der Waals surface area (Å²) in [5.41, 5.74) is 0.0954. The fourth-order valence-electron chi connectivity index (χ4n) is 2.50. The number of carbonyl (C=O) groups is 3. The van der Waals surface area contributed by atoms with Gasteiger partial charge >= 0.3 is 12.2 Å². The van der Waals surface area contributed by atoms with Crippen molar-refractivity contribution in [1.82, 2.24) is 9.80 Å². The third-order valence-electron chi connectivity index (χ3n) is 3.74. The first kappa shape index (κ1) is 19.6. The zero-order chi connectivity index (χ0) is 19.3. The highest BCUT2D eigenvalue weighted by atomic mass is 16.6. The summed E-state index contributed by atoms with van der Waals surface area (Å²) in [7, 11) is 0. The normalized spacial score (nSPS) is 17.6. The minimum atomic E-state index is -1.45. The molecule has 0 spiro atoms. The van der Waals surface area contributed by atoms with Gasteiger partial charge in [-0.05, 0) is 26.3 Å². The number of piperazine rings is 1. The number of benzene rings is 1. The predicted octanol–water partition coefficient (Wildman–Crippen LogP) is 0.994. The van der Waals surface area contributed by atoms with E-state index in [-0.39, 0.29) is 26.2 Å². The maximum absolute atomic E-state index is 12.3. The Hall–Kier alpha value is -2.77. The molecule has 0 N–H and O–H groups in total. The maximum atomic E-state index is 12.3. The van der Waals surface area contributed by atoms with Gasteiger partial charge in [0.1, 0.15) is 12.2 Å². The van der Waals surface area contributed by atoms with E-state index in [1.165, 1.54) is 4.90 Å². The van der Waals surface area contributed by atoms with Crippen LogP contribution in [-0.2, 0) is 20.9 Å². The van der Waals surface area contributed by atoms with Crippen LogP contribution in [0.2, 0.25) is 0 Å². The second-order valence-electron chi connectivity index (χ2n) is 6.99. The number of carboxylic acid groups (broad SMARTS) is 1. The molecule has 0 saturated carbocycles. The van der Waals surface area contributed by atoms with Crippen molar-refractivity contribution < 1.29 is 29.0 Å².